The van der Waals surface area contributed by atoms with Gasteiger partial charge in [-0.3, -0.25) is 0 Å². The highest BCUT2D eigenvalue weighted by molar-refractivity contribution is 6.18. The van der Waals surface area contributed by atoms with Crippen LogP contribution < -0.4 is 0 Å². The summed E-state index contributed by atoms with van der Waals surface area (Å²) < 4.78 is 5.98. The van der Waals surface area contributed by atoms with Gasteiger partial charge in [0.05, 0.1) is 6.10 Å². The zero-order valence-corrected chi connectivity index (χ0v) is 11.7. The molecule has 2 rings (SSSR count). The molecule has 0 N–H and O–H groups in total. The minimum absolute atomic E-state index is 0.196. The van der Waals surface area contributed by atoms with Gasteiger partial charge in [-0.2, -0.15) is 0 Å². The number of ether oxygens (including phenoxy) is 1. The lowest BCUT2D eigenvalue weighted by Crippen LogP contribution is -2.25. The fraction of sp³-hybridized carbons (Fsp3) is 0.600. The molecule has 2 unspecified atom stereocenters. The molecule has 0 amide bonds. The van der Waals surface area contributed by atoms with Crippen molar-refractivity contribution in [2.75, 3.05) is 12.5 Å². The van der Waals surface area contributed by atoms with Crippen LogP contribution in [0.4, 0.5) is 0 Å². The zero-order valence-electron chi connectivity index (χ0n) is 10.9. The quantitative estimate of drug-likeness (QED) is 0.713. The molecule has 94 valence electrons. The summed E-state index contributed by atoms with van der Waals surface area (Å²) in [4.78, 5) is 0. The molecule has 2 atom stereocenters. The Balaban J connectivity index is 2.38. The second-order valence-corrected chi connectivity index (χ2v) is 5.47. The van der Waals surface area contributed by atoms with E-state index in [9.17, 15) is 0 Å². The number of alkyl halides is 1. The Morgan fingerprint density at radius 1 is 1.24 bits per heavy atom. The van der Waals surface area contributed by atoms with Gasteiger partial charge in [0.15, 0.2) is 0 Å². The SMILES string of the molecule is Cc1cc(C)c(C2OCCCC2CCl)c(C)c1. The monoisotopic (exact) mass is 252 g/mol. The molecular weight excluding hydrogens is 232 g/mol. The Kier molecular flexibility index (Phi) is 4.11. The number of hydrogen-bond donors (Lipinski definition) is 0. The van der Waals surface area contributed by atoms with Gasteiger partial charge < -0.3 is 4.74 Å². The van der Waals surface area contributed by atoms with Gasteiger partial charge in [-0.05, 0) is 50.3 Å². The second kappa shape index (κ2) is 5.41. The molecule has 0 spiro atoms. The molecule has 0 saturated carbocycles. The Morgan fingerprint density at radius 2 is 1.88 bits per heavy atom. The van der Waals surface area contributed by atoms with E-state index in [4.69, 9.17) is 16.3 Å². The van der Waals surface area contributed by atoms with E-state index in [1.165, 1.54) is 28.7 Å². The van der Waals surface area contributed by atoms with Crippen molar-refractivity contribution in [3.05, 3.63) is 34.4 Å². The highest BCUT2D eigenvalue weighted by Gasteiger charge is 2.28. The molecule has 0 radical (unpaired) electrons. The van der Waals surface area contributed by atoms with Gasteiger partial charge in [0.25, 0.3) is 0 Å². The molecule has 0 aliphatic carbocycles. The van der Waals surface area contributed by atoms with E-state index in [0.29, 0.717) is 11.8 Å². The average molecular weight is 253 g/mol. The maximum Gasteiger partial charge on any atom is 0.0869 e. The predicted molar refractivity (Wildman–Crippen MR) is 72.8 cm³/mol. The van der Waals surface area contributed by atoms with Crippen LogP contribution >= 0.6 is 11.6 Å². The number of rotatable bonds is 2. The van der Waals surface area contributed by atoms with Crippen molar-refractivity contribution in [3.63, 3.8) is 0 Å². The molecule has 1 aliphatic rings. The predicted octanol–water partition coefficient (Wildman–Crippen LogP) is 4.32. The van der Waals surface area contributed by atoms with E-state index in [2.05, 4.69) is 32.9 Å². The number of aryl methyl sites for hydroxylation is 3. The summed E-state index contributed by atoms with van der Waals surface area (Å²) >= 11 is 6.08. The van der Waals surface area contributed by atoms with Crippen molar-refractivity contribution < 1.29 is 4.74 Å². The van der Waals surface area contributed by atoms with Crippen molar-refractivity contribution in [2.24, 2.45) is 5.92 Å². The van der Waals surface area contributed by atoms with Crippen LogP contribution in [0.3, 0.4) is 0 Å². The van der Waals surface area contributed by atoms with E-state index < -0.39 is 0 Å². The number of hydrogen-bond acceptors (Lipinski definition) is 1. The first kappa shape index (κ1) is 12.9. The van der Waals surface area contributed by atoms with Gasteiger partial charge in [-0.15, -0.1) is 11.6 Å². The first-order chi connectivity index (χ1) is 8.13. The molecule has 1 aromatic carbocycles. The van der Waals surface area contributed by atoms with Gasteiger partial charge in [0.1, 0.15) is 0 Å². The number of benzene rings is 1. The Morgan fingerprint density at radius 3 is 2.47 bits per heavy atom. The van der Waals surface area contributed by atoms with Gasteiger partial charge in [-0.25, -0.2) is 0 Å². The third-order valence-corrected chi connectivity index (χ3v) is 4.06. The molecule has 1 heterocycles. The first-order valence-corrected chi connectivity index (χ1v) is 6.92. The summed E-state index contributed by atoms with van der Waals surface area (Å²) in [6, 6.07) is 4.48. The third kappa shape index (κ3) is 2.66. The normalized spacial score (nSPS) is 24.9. The summed E-state index contributed by atoms with van der Waals surface area (Å²) in [6.45, 7) is 7.37. The fourth-order valence-corrected chi connectivity index (χ4v) is 3.28. The molecule has 1 aliphatic heterocycles. The largest absolute Gasteiger partial charge is 0.373 e. The fourth-order valence-electron chi connectivity index (χ4n) is 2.96. The van der Waals surface area contributed by atoms with Crippen LogP contribution in [-0.4, -0.2) is 12.5 Å². The molecule has 0 aromatic heterocycles. The van der Waals surface area contributed by atoms with Crippen LogP contribution in [0.2, 0.25) is 0 Å². The molecule has 17 heavy (non-hydrogen) atoms. The summed E-state index contributed by atoms with van der Waals surface area (Å²) in [6.07, 6.45) is 2.51. The van der Waals surface area contributed by atoms with Gasteiger partial charge in [-0.1, -0.05) is 17.7 Å². The highest BCUT2D eigenvalue weighted by Crippen LogP contribution is 2.37. The summed E-state index contributed by atoms with van der Waals surface area (Å²) in [5, 5.41) is 0. The zero-order chi connectivity index (χ0) is 12.4. The van der Waals surface area contributed by atoms with E-state index in [-0.39, 0.29) is 6.10 Å². The minimum Gasteiger partial charge on any atom is -0.373 e. The van der Waals surface area contributed by atoms with Gasteiger partial charge in [0, 0.05) is 18.4 Å². The maximum atomic E-state index is 6.08. The topological polar surface area (TPSA) is 9.23 Å². The van der Waals surface area contributed by atoms with Crippen molar-refractivity contribution in [1.82, 2.24) is 0 Å². The highest BCUT2D eigenvalue weighted by atomic mass is 35.5. The van der Waals surface area contributed by atoms with Crippen LogP contribution in [-0.2, 0) is 4.74 Å². The van der Waals surface area contributed by atoms with E-state index >= 15 is 0 Å². The smallest absolute Gasteiger partial charge is 0.0869 e. The molecule has 1 saturated heterocycles. The average Bonchev–Trinajstić information content (AvgIpc) is 2.28. The van der Waals surface area contributed by atoms with Crippen molar-refractivity contribution >= 4 is 11.6 Å². The summed E-state index contributed by atoms with van der Waals surface area (Å²) in [5.74, 6) is 1.16. The molecule has 1 fully saturated rings. The van der Waals surface area contributed by atoms with E-state index in [1.54, 1.807) is 0 Å². The van der Waals surface area contributed by atoms with Gasteiger partial charge in [0.2, 0.25) is 0 Å². The lowest BCUT2D eigenvalue weighted by atomic mass is 9.86. The second-order valence-electron chi connectivity index (χ2n) is 5.16. The summed E-state index contributed by atoms with van der Waals surface area (Å²) in [7, 11) is 0. The molecular formula is C15H21ClO. The third-order valence-electron chi connectivity index (χ3n) is 3.67. The molecule has 0 bridgehead atoms. The summed E-state index contributed by atoms with van der Waals surface area (Å²) in [5.41, 5.74) is 5.36. The molecule has 1 nitrogen and oxygen atoms in total. The number of halogens is 1. The van der Waals surface area contributed by atoms with Crippen LogP contribution in [0.1, 0.15) is 41.2 Å². The van der Waals surface area contributed by atoms with Crippen LogP contribution in [0.5, 0.6) is 0 Å². The van der Waals surface area contributed by atoms with Crippen LogP contribution in [0.15, 0.2) is 12.1 Å². The maximum absolute atomic E-state index is 6.08. The molecule has 2 heteroatoms. The van der Waals surface area contributed by atoms with Gasteiger partial charge >= 0.3 is 0 Å². The lowest BCUT2D eigenvalue weighted by Gasteiger charge is -2.33. The van der Waals surface area contributed by atoms with E-state index in [1.807, 2.05) is 0 Å². The standard InChI is InChI=1S/C15H21ClO/c1-10-7-11(2)14(12(3)8-10)15-13(9-16)5-4-6-17-15/h7-8,13,15H,4-6,9H2,1-3H3. The van der Waals surface area contributed by atoms with E-state index in [0.717, 1.165) is 13.0 Å². The minimum atomic E-state index is 0.196. The van der Waals surface area contributed by atoms with Crippen LogP contribution in [0, 0.1) is 26.7 Å². The van der Waals surface area contributed by atoms with Crippen molar-refractivity contribution in [1.29, 1.82) is 0 Å². The Hall–Kier alpha value is -0.530. The lowest BCUT2D eigenvalue weighted by molar-refractivity contribution is -0.0215. The Bertz CT molecular complexity index is 377. The first-order valence-electron chi connectivity index (χ1n) is 6.38. The van der Waals surface area contributed by atoms with Crippen molar-refractivity contribution in [2.45, 2.75) is 39.7 Å². The van der Waals surface area contributed by atoms with Crippen LogP contribution in [0.25, 0.3) is 0 Å². The molecule has 1 aromatic rings. The Labute approximate surface area is 109 Å². The van der Waals surface area contributed by atoms with Crippen molar-refractivity contribution in [3.8, 4) is 0 Å².